The van der Waals surface area contributed by atoms with Crippen molar-refractivity contribution < 1.29 is 22.7 Å². The largest absolute Gasteiger partial charge is 0.450 e. The number of ether oxygens (including phenoxy) is 1. The minimum Gasteiger partial charge on any atom is -0.450 e. The summed E-state index contributed by atoms with van der Waals surface area (Å²) in [5, 5.41) is 0. The van der Waals surface area contributed by atoms with Crippen molar-refractivity contribution in [2.24, 2.45) is 0 Å². The van der Waals surface area contributed by atoms with Gasteiger partial charge >= 0.3 is 6.09 Å². The van der Waals surface area contributed by atoms with Crippen LogP contribution in [0.5, 0.6) is 0 Å². The molecule has 0 aliphatic carbocycles. The molecule has 0 unspecified atom stereocenters. The molecule has 2 amide bonds. The molecule has 0 radical (unpaired) electrons. The van der Waals surface area contributed by atoms with Crippen LogP contribution in [0, 0.1) is 0 Å². The zero-order chi connectivity index (χ0) is 17.7. The van der Waals surface area contributed by atoms with Gasteiger partial charge in [-0.1, -0.05) is 12.1 Å². The van der Waals surface area contributed by atoms with Crippen molar-refractivity contribution in [2.75, 3.05) is 39.0 Å². The second-order valence-corrected chi connectivity index (χ2v) is 7.89. The first-order valence-electron chi connectivity index (χ1n) is 7.78. The molecule has 0 atom stereocenters. The van der Waals surface area contributed by atoms with Gasteiger partial charge in [-0.25, -0.2) is 13.2 Å². The summed E-state index contributed by atoms with van der Waals surface area (Å²) in [5.41, 5.74) is 1.16. The van der Waals surface area contributed by atoms with Crippen molar-refractivity contribution in [3.63, 3.8) is 0 Å². The molecular formula is C16H22N2O5S. The lowest BCUT2D eigenvalue weighted by molar-refractivity contribution is 0.0570. The second-order valence-electron chi connectivity index (χ2n) is 5.75. The van der Waals surface area contributed by atoms with Crippen LogP contribution in [0.4, 0.5) is 4.79 Å². The summed E-state index contributed by atoms with van der Waals surface area (Å²) in [6.07, 6.45) is 0.824. The summed E-state index contributed by atoms with van der Waals surface area (Å²) in [6, 6.07) is 6.59. The maximum absolute atomic E-state index is 12.5. The van der Waals surface area contributed by atoms with Gasteiger partial charge in [0, 0.05) is 38.0 Å². The van der Waals surface area contributed by atoms with E-state index in [0.29, 0.717) is 43.9 Å². The summed E-state index contributed by atoms with van der Waals surface area (Å²) in [6.45, 7) is 3.86. The smallest absolute Gasteiger partial charge is 0.409 e. The van der Waals surface area contributed by atoms with Gasteiger partial charge in [-0.3, -0.25) is 4.79 Å². The van der Waals surface area contributed by atoms with Crippen molar-refractivity contribution in [3.8, 4) is 0 Å². The lowest BCUT2D eigenvalue weighted by Gasteiger charge is -2.34. The average molecular weight is 354 g/mol. The number of carbonyl (C=O) groups is 2. The van der Waals surface area contributed by atoms with Crippen LogP contribution in [0.25, 0.3) is 0 Å². The van der Waals surface area contributed by atoms with E-state index >= 15 is 0 Å². The first-order chi connectivity index (χ1) is 11.3. The van der Waals surface area contributed by atoms with Crippen LogP contribution in [0.15, 0.2) is 24.3 Å². The van der Waals surface area contributed by atoms with E-state index in [1.807, 2.05) is 0 Å². The SMILES string of the molecule is CCOC(=O)N1CCN(C(=O)c2ccc(CS(C)(=O)=O)cc2)CC1. The molecule has 0 spiro atoms. The summed E-state index contributed by atoms with van der Waals surface area (Å²) < 4.78 is 27.5. The van der Waals surface area contributed by atoms with Gasteiger partial charge in [0.1, 0.15) is 0 Å². The fourth-order valence-corrected chi connectivity index (χ4v) is 3.33. The maximum atomic E-state index is 12.5. The molecule has 132 valence electrons. The molecule has 1 aliphatic heterocycles. The fourth-order valence-electron chi connectivity index (χ4n) is 2.54. The van der Waals surface area contributed by atoms with Crippen molar-refractivity contribution >= 4 is 21.8 Å². The topological polar surface area (TPSA) is 84.0 Å². The quantitative estimate of drug-likeness (QED) is 0.810. The molecule has 1 saturated heterocycles. The number of piperazine rings is 1. The number of carbonyl (C=O) groups excluding carboxylic acids is 2. The Labute approximate surface area is 142 Å². The predicted molar refractivity (Wildman–Crippen MR) is 89.5 cm³/mol. The number of sulfone groups is 1. The van der Waals surface area contributed by atoms with Gasteiger partial charge in [0.15, 0.2) is 9.84 Å². The van der Waals surface area contributed by atoms with Crippen LogP contribution in [0.2, 0.25) is 0 Å². The van der Waals surface area contributed by atoms with Gasteiger partial charge < -0.3 is 14.5 Å². The Hall–Kier alpha value is -2.09. The van der Waals surface area contributed by atoms with E-state index in [9.17, 15) is 18.0 Å². The number of benzene rings is 1. The first kappa shape index (κ1) is 18.3. The molecule has 7 nitrogen and oxygen atoms in total. The van der Waals surface area contributed by atoms with E-state index < -0.39 is 9.84 Å². The van der Waals surface area contributed by atoms with E-state index in [1.165, 1.54) is 6.26 Å². The monoisotopic (exact) mass is 354 g/mol. The highest BCUT2D eigenvalue weighted by atomic mass is 32.2. The van der Waals surface area contributed by atoms with Crippen LogP contribution < -0.4 is 0 Å². The third kappa shape index (κ3) is 4.95. The van der Waals surface area contributed by atoms with Gasteiger partial charge in [-0.2, -0.15) is 0 Å². The molecule has 1 aliphatic rings. The Morgan fingerprint density at radius 2 is 1.58 bits per heavy atom. The second kappa shape index (κ2) is 7.65. The zero-order valence-corrected chi connectivity index (χ0v) is 14.7. The Morgan fingerprint density at radius 3 is 2.08 bits per heavy atom. The summed E-state index contributed by atoms with van der Waals surface area (Å²) >= 11 is 0. The molecule has 1 fully saturated rings. The summed E-state index contributed by atoms with van der Waals surface area (Å²) in [4.78, 5) is 27.4. The van der Waals surface area contributed by atoms with Gasteiger partial charge in [0.2, 0.25) is 0 Å². The van der Waals surface area contributed by atoms with E-state index in [2.05, 4.69) is 0 Å². The number of nitrogens with zero attached hydrogens (tertiary/aromatic N) is 2. The van der Waals surface area contributed by atoms with E-state index in [0.717, 1.165) is 0 Å². The van der Waals surface area contributed by atoms with Crippen LogP contribution in [-0.2, 0) is 20.3 Å². The van der Waals surface area contributed by atoms with Gasteiger partial charge in [-0.05, 0) is 24.6 Å². The highest BCUT2D eigenvalue weighted by Crippen LogP contribution is 2.12. The molecule has 8 heteroatoms. The lowest BCUT2D eigenvalue weighted by Crippen LogP contribution is -2.50. The number of hydrogen-bond donors (Lipinski definition) is 0. The minimum atomic E-state index is -3.09. The molecule has 0 bridgehead atoms. The van der Waals surface area contributed by atoms with E-state index in [4.69, 9.17) is 4.74 Å². The van der Waals surface area contributed by atoms with Crippen LogP contribution >= 0.6 is 0 Å². The standard InChI is InChI=1S/C16H22N2O5S/c1-3-23-16(20)18-10-8-17(9-11-18)15(19)14-6-4-13(5-7-14)12-24(2,21)22/h4-7H,3,8-12H2,1-2H3. The van der Waals surface area contributed by atoms with Crippen LogP contribution in [0.1, 0.15) is 22.8 Å². The van der Waals surface area contributed by atoms with Crippen molar-refractivity contribution in [1.82, 2.24) is 9.80 Å². The summed E-state index contributed by atoms with van der Waals surface area (Å²) in [7, 11) is -3.09. The van der Waals surface area contributed by atoms with Gasteiger partial charge in [-0.15, -0.1) is 0 Å². The molecule has 1 aromatic rings. The predicted octanol–water partition coefficient (Wildman–Crippen LogP) is 1.15. The Balaban J connectivity index is 1.94. The van der Waals surface area contributed by atoms with Crippen molar-refractivity contribution in [3.05, 3.63) is 35.4 Å². The summed E-state index contributed by atoms with van der Waals surface area (Å²) in [5.74, 6) is -0.163. The molecule has 0 N–H and O–H groups in total. The Kier molecular flexibility index (Phi) is 5.82. The molecule has 0 saturated carbocycles. The highest BCUT2D eigenvalue weighted by Gasteiger charge is 2.25. The van der Waals surface area contributed by atoms with Crippen molar-refractivity contribution in [1.29, 1.82) is 0 Å². The average Bonchev–Trinajstić information content (AvgIpc) is 2.54. The van der Waals surface area contributed by atoms with Crippen LogP contribution in [0.3, 0.4) is 0 Å². The molecule has 1 aromatic carbocycles. The minimum absolute atomic E-state index is 0.0420. The molecular weight excluding hydrogens is 332 g/mol. The normalized spacial score (nSPS) is 15.2. The third-order valence-electron chi connectivity index (χ3n) is 3.72. The molecule has 2 rings (SSSR count). The number of hydrogen-bond acceptors (Lipinski definition) is 5. The number of rotatable bonds is 4. The fraction of sp³-hybridized carbons (Fsp3) is 0.500. The van der Waals surface area contributed by atoms with Crippen LogP contribution in [-0.4, -0.2) is 69.3 Å². The Bertz CT molecular complexity index is 692. The van der Waals surface area contributed by atoms with E-state index in [-0.39, 0.29) is 17.8 Å². The molecule has 24 heavy (non-hydrogen) atoms. The Morgan fingerprint density at radius 1 is 1.04 bits per heavy atom. The number of amides is 2. The maximum Gasteiger partial charge on any atom is 0.409 e. The van der Waals surface area contributed by atoms with Gasteiger partial charge in [0.25, 0.3) is 5.91 Å². The molecule has 1 heterocycles. The molecule has 0 aromatic heterocycles. The van der Waals surface area contributed by atoms with Crippen molar-refractivity contribution in [2.45, 2.75) is 12.7 Å². The van der Waals surface area contributed by atoms with Gasteiger partial charge in [0.05, 0.1) is 12.4 Å². The highest BCUT2D eigenvalue weighted by molar-refractivity contribution is 7.89. The first-order valence-corrected chi connectivity index (χ1v) is 9.84. The zero-order valence-electron chi connectivity index (χ0n) is 13.9. The van der Waals surface area contributed by atoms with E-state index in [1.54, 1.807) is 41.0 Å². The lowest BCUT2D eigenvalue weighted by atomic mass is 10.1. The third-order valence-corrected chi connectivity index (χ3v) is 4.58.